The Bertz CT molecular complexity index is 382. The van der Waals surface area contributed by atoms with Crippen LogP contribution in [-0.2, 0) is 11.2 Å². The Labute approximate surface area is 113 Å². The molecule has 2 unspecified atom stereocenters. The minimum Gasteiger partial charge on any atom is -0.390 e. The molecule has 2 atom stereocenters. The molecule has 0 radical (unpaired) electrons. The SMILES string of the molecule is CCOC(C(C)C)C(O)Cc1ccc(Cl)cc1F. The molecule has 4 heteroatoms. The van der Waals surface area contributed by atoms with Crippen molar-refractivity contribution in [3.8, 4) is 0 Å². The monoisotopic (exact) mass is 274 g/mol. The van der Waals surface area contributed by atoms with E-state index in [0.29, 0.717) is 17.2 Å². The van der Waals surface area contributed by atoms with Gasteiger partial charge in [-0.15, -0.1) is 0 Å². The molecule has 0 aliphatic heterocycles. The first-order chi connectivity index (χ1) is 8.45. The van der Waals surface area contributed by atoms with Gasteiger partial charge in [-0.1, -0.05) is 31.5 Å². The van der Waals surface area contributed by atoms with Gasteiger partial charge in [0.25, 0.3) is 0 Å². The first-order valence-electron chi connectivity index (χ1n) is 6.19. The van der Waals surface area contributed by atoms with Crippen LogP contribution in [0, 0.1) is 11.7 Å². The molecule has 0 saturated carbocycles. The number of benzene rings is 1. The molecule has 2 nitrogen and oxygen atoms in total. The van der Waals surface area contributed by atoms with Gasteiger partial charge in [0, 0.05) is 18.1 Å². The van der Waals surface area contributed by atoms with Crippen molar-refractivity contribution in [2.24, 2.45) is 5.92 Å². The molecule has 0 aromatic heterocycles. The lowest BCUT2D eigenvalue weighted by Gasteiger charge is -2.26. The van der Waals surface area contributed by atoms with E-state index in [9.17, 15) is 9.50 Å². The molecule has 0 saturated heterocycles. The van der Waals surface area contributed by atoms with E-state index in [-0.39, 0.29) is 24.3 Å². The molecule has 102 valence electrons. The van der Waals surface area contributed by atoms with Crippen molar-refractivity contribution in [3.63, 3.8) is 0 Å². The molecule has 0 amide bonds. The van der Waals surface area contributed by atoms with Crippen LogP contribution in [0.1, 0.15) is 26.3 Å². The zero-order valence-electron chi connectivity index (χ0n) is 11.0. The summed E-state index contributed by atoms with van der Waals surface area (Å²) in [6, 6.07) is 4.48. The third kappa shape index (κ3) is 4.23. The van der Waals surface area contributed by atoms with Gasteiger partial charge >= 0.3 is 0 Å². The first kappa shape index (κ1) is 15.4. The summed E-state index contributed by atoms with van der Waals surface area (Å²) in [5.41, 5.74) is 0.456. The quantitative estimate of drug-likeness (QED) is 0.861. The minimum atomic E-state index is -0.722. The number of hydrogen-bond acceptors (Lipinski definition) is 2. The van der Waals surface area contributed by atoms with Crippen LogP contribution in [0.15, 0.2) is 18.2 Å². The molecule has 0 fully saturated rings. The van der Waals surface area contributed by atoms with Crippen LogP contribution in [0.5, 0.6) is 0 Å². The smallest absolute Gasteiger partial charge is 0.127 e. The number of aliphatic hydroxyl groups is 1. The van der Waals surface area contributed by atoms with E-state index in [1.165, 1.54) is 6.07 Å². The maximum atomic E-state index is 13.6. The summed E-state index contributed by atoms with van der Waals surface area (Å²) >= 11 is 5.69. The van der Waals surface area contributed by atoms with E-state index in [4.69, 9.17) is 16.3 Å². The summed E-state index contributed by atoms with van der Waals surface area (Å²) in [5.74, 6) is -0.212. The van der Waals surface area contributed by atoms with Gasteiger partial charge in [0.05, 0.1) is 12.2 Å². The van der Waals surface area contributed by atoms with Crippen LogP contribution in [0.2, 0.25) is 5.02 Å². The highest BCUT2D eigenvalue weighted by Gasteiger charge is 2.24. The minimum absolute atomic E-state index is 0.176. The van der Waals surface area contributed by atoms with E-state index in [2.05, 4.69) is 0 Å². The third-order valence-electron chi connectivity index (χ3n) is 2.84. The van der Waals surface area contributed by atoms with Crippen LogP contribution in [0.3, 0.4) is 0 Å². The zero-order chi connectivity index (χ0) is 13.7. The van der Waals surface area contributed by atoms with Crippen LogP contribution >= 0.6 is 11.6 Å². The number of hydrogen-bond donors (Lipinski definition) is 1. The van der Waals surface area contributed by atoms with Crippen LogP contribution in [0.4, 0.5) is 4.39 Å². The Morgan fingerprint density at radius 1 is 1.39 bits per heavy atom. The average molecular weight is 275 g/mol. The molecule has 1 aromatic carbocycles. The second-order valence-corrected chi connectivity index (χ2v) is 5.11. The number of halogens is 2. The normalized spacial score (nSPS) is 14.8. The maximum Gasteiger partial charge on any atom is 0.127 e. The van der Waals surface area contributed by atoms with Gasteiger partial charge in [0.1, 0.15) is 5.82 Å². The summed E-state index contributed by atoms with van der Waals surface area (Å²) < 4.78 is 19.1. The van der Waals surface area contributed by atoms with Crippen molar-refractivity contribution in [2.45, 2.75) is 39.4 Å². The van der Waals surface area contributed by atoms with Gasteiger partial charge in [0.2, 0.25) is 0 Å². The molecule has 0 spiro atoms. The van der Waals surface area contributed by atoms with E-state index in [0.717, 1.165) is 0 Å². The van der Waals surface area contributed by atoms with Crippen LogP contribution < -0.4 is 0 Å². The lowest BCUT2D eigenvalue weighted by atomic mass is 9.96. The fourth-order valence-corrected chi connectivity index (χ4v) is 2.13. The molecule has 0 aliphatic carbocycles. The Morgan fingerprint density at radius 3 is 2.56 bits per heavy atom. The van der Waals surface area contributed by atoms with Crippen molar-refractivity contribution in [2.75, 3.05) is 6.61 Å². The third-order valence-corrected chi connectivity index (χ3v) is 3.07. The topological polar surface area (TPSA) is 29.5 Å². The van der Waals surface area contributed by atoms with Gasteiger partial charge in [-0.05, 0) is 30.5 Å². The summed E-state index contributed by atoms with van der Waals surface area (Å²) in [4.78, 5) is 0. The van der Waals surface area contributed by atoms with Crippen molar-refractivity contribution < 1.29 is 14.2 Å². The maximum absolute atomic E-state index is 13.6. The summed E-state index contributed by atoms with van der Waals surface area (Å²) in [6.07, 6.45) is -0.781. The second kappa shape index (κ2) is 7.07. The molecule has 1 rings (SSSR count). The lowest BCUT2D eigenvalue weighted by molar-refractivity contribution is -0.0564. The van der Waals surface area contributed by atoms with Crippen molar-refractivity contribution in [1.82, 2.24) is 0 Å². The largest absolute Gasteiger partial charge is 0.390 e. The van der Waals surface area contributed by atoms with Crippen molar-refractivity contribution in [1.29, 1.82) is 0 Å². The number of rotatable bonds is 6. The molecule has 0 heterocycles. The first-order valence-corrected chi connectivity index (χ1v) is 6.57. The predicted molar refractivity (Wildman–Crippen MR) is 71.4 cm³/mol. The lowest BCUT2D eigenvalue weighted by Crippen LogP contribution is -2.35. The van der Waals surface area contributed by atoms with Crippen molar-refractivity contribution in [3.05, 3.63) is 34.6 Å². The number of ether oxygens (including phenoxy) is 1. The molecular formula is C14H20ClFO2. The van der Waals surface area contributed by atoms with E-state index in [1.807, 2.05) is 20.8 Å². The highest BCUT2D eigenvalue weighted by atomic mass is 35.5. The van der Waals surface area contributed by atoms with Gasteiger partial charge in [-0.3, -0.25) is 0 Å². The highest BCUT2D eigenvalue weighted by Crippen LogP contribution is 2.19. The Morgan fingerprint density at radius 2 is 2.06 bits per heavy atom. The van der Waals surface area contributed by atoms with Gasteiger partial charge in [0.15, 0.2) is 0 Å². The molecule has 0 aliphatic rings. The summed E-state index contributed by atoms with van der Waals surface area (Å²) in [7, 11) is 0. The number of aliphatic hydroxyl groups excluding tert-OH is 1. The Hall–Kier alpha value is -0.640. The molecule has 0 bridgehead atoms. The zero-order valence-corrected chi connectivity index (χ0v) is 11.7. The van der Waals surface area contributed by atoms with E-state index >= 15 is 0 Å². The second-order valence-electron chi connectivity index (χ2n) is 4.67. The fraction of sp³-hybridized carbons (Fsp3) is 0.571. The Balaban J connectivity index is 2.75. The van der Waals surface area contributed by atoms with Crippen LogP contribution in [0.25, 0.3) is 0 Å². The Kier molecular flexibility index (Phi) is 6.06. The summed E-state index contributed by atoms with van der Waals surface area (Å²) in [5, 5.41) is 10.5. The standard InChI is InChI=1S/C14H20ClFO2/c1-4-18-14(9(2)3)13(17)7-10-5-6-11(15)8-12(10)16/h5-6,8-9,13-14,17H,4,7H2,1-3H3. The fourth-order valence-electron chi connectivity index (χ4n) is 1.97. The highest BCUT2D eigenvalue weighted by molar-refractivity contribution is 6.30. The van der Waals surface area contributed by atoms with Crippen molar-refractivity contribution >= 4 is 11.6 Å². The molecule has 18 heavy (non-hydrogen) atoms. The van der Waals surface area contributed by atoms with Crippen LogP contribution in [-0.4, -0.2) is 23.9 Å². The molecule has 1 aromatic rings. The molecular weight excluding hydrogens is 255 g/mol. The van der Waals surface area contributed by atoms with Gasteiger partial charge < -0.3 is 9.84 Å². The average Bonchev–Trinajstić information content (AvgIpc) is 2.29. The molecule has 1 N–H and O–H groups in total. The van der Waals surface area contributed by atoms with Gasteiger partial charge in [-0.2, -0.15) is 0 Å². The van der Waals surface area contributed by atoms with E-state index in [1.54, 1.807) is 12.1 Å². The summed E-state index contributed by atoms with van der Waals surface area (Å²) in [6.45, 7) is 6.36. The predicted octanol–water partition coefficient (Wildman–Crippen LogP) is 3.44. The van der Waals surface area contributed by atoms with Gasteiger partial charge in [-0.25, -0.2) is 4.39 Å². The van der Waals surface area contributed by atoms with E-state index < -0.39 is 6.10 Å².